The number of amides is 4. The van der Waals surface area contributed by atoms with Gasteiger partial charge in [0.2, 0.25) is 11.8 Å². The highest BCUT2D eigenvalue weighted by Crippen LogP contribution is 2.39. The van der Waals surface area contributed by atoms with Gasteiger partial charge in [-0.3, -0.25) is 34.3 Å². The van der Waals surface area contributed by atoms with E-state index in [0.717, 1.165) is 36.5 Å². The van der Waals surface area contributed by atoms with Crippen molar-refractivity contribution in [1.29, 1.82) is 0 Å². The van der Waals surface area contributed by atoms with Crippen molar-refractivity contribution in [2.24, 2.45) is 0 Å². The van der Waals surface area contributed by atoms with E-state index in [4.69, 9.17) is 0 Å². The molecule has 164 valence electrons. The number of likely N-dealkylation sites (tertiary alicyclic amines) is 1. The first-order valence-corrected chi connectivity index (χ1v) is 11.0. The third-order valence-corrected chi connectivity index (χ3v) is 7.15. The Labute approximate surface area is 181 Å². The molecule has 4 heterocycles. The minimum absolute atomic E-state index is 0.121. The van der Waals surface area contributed by atoms with Crippen molar-refractivity contribution in [3.05, 3.63) is 29.3 Å². The molecular weight excluding hydrogens is 396 g/mol. The zero-order valence-corrected chi connectivity index (χ0v) is 18.2. The Morgan fingerprint density at radius 3 is 2.16 bits per heavy atom. The van der Waals surface area contributed by atoms with E-state index in [-0.39, 0.29) is 24.3 Å². The highest BCUT2D eigenvalue weighted by Gasteiger charge is 2.46. The number of anilines is 1. The third kappa shape index (κ3) is 3.15. The number of rotatable bonds is 2. The number of imide groups is 2. The van der Waals surface area contributed by atoms with Crippen LogP contribution in [0.2, 0.25) is 0 Å². The van der Waals surface area contributed by atoms with Crippen LogP contribution in [0.5, 0.6) is 0 Å². The van der Waals surface area contributed by atoms with E-state index in [1.54, 1.807) is 6.07 Å². The van der Waals surface area contributed by atoms with E-state index < -0.39 is 23.8 Å². The lowest BCUT2D eigenvalue weighted by Gasteiger charge is -2.47. The Morgan fingerprint density at radius 2 is 1.55 bits per heavy atom. The highest BCUT2D eigenvalue weighted by molar-refractivity contribution is 6.23. The lowest BCUT2D eigenvalue weighted by molar-refractivity contribution is -0.136. The first kappa shape index (κ1) is 20.2. The lowest BCUT2D eigenvalue weighted by Crippen LogP contribution is -2.58. The van der Waals surface area contributed by atoms with E-state index in [2.05, 4.69) is 35.9 Å². The van der Waals surface area contributed by atoms with Gasteiger partial charge in [0, 0.05) is 42.8 Å². The van der Waals surface area contributed by atoms with Gasteiger partial charge in [0.25, 0.3) is 11.8 Å². The molecule has 0 aliphatic carbocycles. The molecule has 31 heavy (non-hydrogen) atoms. The van der Waals surface area contributed by atoms with Crippen LogP contribution in [0.3, 0.4) is 0 Å². The summed E-state index contributed by atoms with van der Waals surface area (Å²) >= 11 is 0. The first-order valence-electron chi connectivity index (χ1n) is 11.0. The van der Waals surface area contributed by atoms with Gasteiger partial charge in [-0.15, -0.1) is 0 Å². The van der Waals surface area contributed by atoms with Gasteiger partial charge in [-0.05, 0) is 58.2 Å². The Morgan fingerprint density at radius 1 is 0.903 bits per heavy atom. The monoisotopic (exact) mass is 424 g/mol. The molecule has 1 aromatic rings. The largest absolute Gasteiger partial charge is 0.363 e. The number of piperazine rings is 1. The van der Waals surface area contributed by atoms with Crippen molar-refractivity contribution in [2.45, 2.75) is 70.1 Å². The van der Waals surface area contributed by atoms with Gasteiger partial charge in [-0.2, -0.15) is 0 Å². The summed E-state index contributed by atoms with van der Waals surface area (Å²) in [5, 5.41) is 2.24. The molecule has 5 rings (SSSR count). The molecule has 0 radical (unpaired) electrons. The minimum Gasteiger partial charge on any atom is -0.363 e. The van der Waals surface area contributed by atoms with Crippen molar-refractivity contribution < 1.29 is 19.2 Å². The van der Waals surface area contributed by atoms with Gasteiger partial charge < -0.3 is 4.90 Å². The molecule has 0 aromatic heterocycles. The quantitative estimate of drug-likeness (QED) is 0.725. The molecule has 2 bridgehead atoms. The molecule has 3 unspecified atom stereocenters. The smallest absolute Gasteiger partial charge is 0.262 e. The summed E-state index contributed by atoms with van der Waals surface area (Å²) in [5.41, 5.74) is 1.77. The van der Waals surface area contributed by atoms with Crippen molar-refractivity contribution in [1.82, 2.24) is 15.1 Å². The summed E-state index contributed by atoms with van der Waals surface area (Å²) in [6, 6.07) is 5.30. The number of nitrogens with one attached hydrogen (secondary N) is 1. The summed E-state index contributed by atoms with van der Waals surface area (Å²) in [4.78, 5) is 55.8. The number of benzene rings is 1. The second-order valence-corrected chi connectivity index (χ2v) is 10.0. The van der Waals surface area contributed by atoms with E-state index in [1.807, 2.05) is 12.1 Å². The second-order valence-electron chi connectivity index (χ2n) is 10.0. The molecule has 4 amide bonds. The van der Waals surface area contributed by atoms with Gasteiger partial charge >= 0.3 is 0 Å². The second kappa shape index (κ2) is 6.88. The molecule has 1 N–H and O–H groups in total. The Bertz CT molecular complexity index is 984. The Hall–Kier alpha value is -2.74. The maximum Gasteiger partial charge on any atom is 0.262 e. The summed E-state index contributed by atoms with van der Waals surface area (Å²) in [6.07, 6.45) is 2.52. The van der Waals surface area contributed by atoms with Crippen LogP contribution >= 0.6 is 0 Å². The fourth-order valence-electron chi connectivity index (χ4n) is 5.49. The summed E-state index contributed by atoms with van der Waals surface area (Å²) in [7, 11) is 0. The zero-order valence-electron chi connectivity index (χ0n) is 18.2. The number of piperidine rings is 1. The van der Waals surface area contributed by atoms with Gasteiger partial charge in [0.15, 0.2) is 0 Å². The number of hydrogen-bond acceptors (Lipinski definition) is 6. The van der Waals surface area contributed by atoms with Crippen molar-refractivity contribution >= 4 is 29.3 Å². The Kier molecular flexibility index (Phi) is 4.48. The molecule has 8 nitrogen and oxygen atoms in total. The van der Waals surface area contributed by atoms with Crippen LogP contribution in [0.4, 0.5) is 5.69 Å². The number of nitrogens with zero attached hydrogens (tertiary/aromatic N) is 3. The van der Waals surface area contributed by atoms with E-state index in [0.29, 0.717) is 23.2 Å². The summed E-state index contributed by atoms with van der Waals surface area (Å²) in [5.74, 6) is -1.86. The maximum absolute atomic E-state index is 13.1. The number of carbonyl (C=O) groups excluding carboxylic acids is 4. The molecule has 0 saturated carbocycles. The van der Waals surface area contributed by atoms with Gasteiger partial charge in [-0.25, -0.2) is 0 Å². The van der Waals surface area contributed by atoms with Crippen LogP contribution in [0.25, 0.3) is 0 Å². The van der Waals surface area contributed by atoms with Crippen LogP contribution < -0.4 is 10.2 Å². The number of fused-ring (bicyclic) bond motifs is 3. The van der Waals surface area contributed by atoms with Crippen LogP contribution in [0.1, 0.15) is 67.2 Å². The zero-order chi connectivity index (χ0) is 22.1. The van der Waals surface area contributed by atoms with Crippen LogP contribution in [0.15, 0.2) is 18.2 Å². The van der Waals surface area contributed by atoms with E-state index in [9.17, 15) is 19.2 Å². The first-order chi connectivity index (χ1) is 14.6. The third-order valence-electron chi connectivity index (χ3n) is 7.15. The van der Waals surface area contributed by atoms with Crippen LogP contribution in [-0.2, 0) is 9.59 Å². The van der Waals surface area contributed by atoms with Crippen molar-refractivity contribution in [3.8, 4) is 0 Å². The van der Waals surface area contributed by atoms with Gasteiger partial charge in [0.1, 0.15) is 6.04 Å². The standard InChI is InChI=1S/C23H28N4O4/c1-23(2,3)25-11-14-4-5-15(12-25)26(14)13-6-7-16-17(10-13)22(31)27(21(16)30)18-8-9-19(28)24-20(18)29/h6-7,10,14-15,18H,4-5,8-9,11-12H2,1-3H3,(H,24,28,29). The Balaban J connectivity index is 1.42. The fraction of sp³-hybridized carbons (Fsp3) is 0.565. The van der Waals surface area contributed by atoms with Crippen molar-refractivity contribution in [2.75, 3.05) is 18.0 Å². The molecule has 0 spiro atoms. The molecule has 4 aliphatic heterocycles. The average Bonchev–Trinajstić information content (AvgIpc) is 3.10. The fourth-order valence-corrected chi connectivity index (χ4v) is 5.49. The SMILES string of the molecule is CC(C)(C)N1CC2CCC(C1)N2c1ccc2c(c1)C(=O)N(C1CCC(=O)NC1=O)C2=O. The number of carbonyl (C=O) groups is 4. The lowest BCUT2D eigenvalue weighted by atomic mass is 10.0. The molecular formula is C23H28N4O4. The van der Waals surface area contributed by atoms with Gasteiger partial charge in [-0.1, -0.05) is 0 Å². The summed E-state index contributed by atoms with van der Waals surface area (Å²) in [6.45, 7) is 8.68. The average molecular weight is 425 g/mol. The predicted molar refractivity (Wildman–Crippen MR) is 114 cm³/mol. The molecule has 3 fully saturated rings. The highest BCUT2D eigenvalue weighted by atomic mass is 16.2. The van der Waals surface area contributed by atoms with Crippen molar-refractivity contribution in [3.63, 3.8) is 0 Å². The molecule has 8 heteroatoms. The van der Waals surface area contributed by atoms with Gasteiger partial charge in [0.05, 0.1) is 11.1 Å². The molecule has 1 aromatic carbocycles. The minimum atomic E-state index is -0.930. The topological polar surface area (TPSA) is 90.0 Å². The molecule has 3 saturated heterocycles. The summed E-state index contributed by atoms with van der Waals surface area (Å²) < 4.78 is 0. The van der Waals surface area contributed by atoms with Crippen LogP contribution in [0, 0.1) is 0 Å². The molecule has 4 aliphatic rings. The maximum atomic E-state index is 13.1. The normalized spacial score (nSPS) is 28.9. The van der Waals surface area contributed by atoms with E-state index >= 15 is 0 Å². The van der Waals surface area contributed by atoms with E-state index in [1.165, 1.54) is 0 Å². The van der Waals surface area contributed by atoms with Crippen LogP contribution in [-0.4, -0.2) is 70.2 Å². The predicted octanol–water partition coefficient (Wildman–Crippen LogP) is 1.54. The number of hydrogen-bond donors (Lipinski definition) is 1. The molecule has 3 atom stereocenters.